The summed E-state index contributed by atoms with van der Waals surface area (Å²) >= 11 is 0. The summed E-state index contributed by atoms with van der Waals surface area (Å²) in [4.78, 5) is 11.5. The highest BCUT2D eigenvalue weighted by molar-refractivity contribution is 7.92. The van der Waals surface area contributed by atoms with Crippen molar-refractivity contribution < 1.29 is 12.8 Å². The first-order chi connectivity index (χ1) is 10.8. The Morgan fingerprint density at radius 2 is 1.83 bits per heavy atom. The number of rotatable bonds is 3. The lowest BCUT2D eigenvalue weighted by Crippen LogP contribution is -2.13. The largest absolute Gasteiger partial charge is 0.419 e. The molecule has 0 saturated carbocycles. The third-order valence-electron chi connectivity index (χ3n) is 3.70. The number of sulfonamides is 1. The Hall–Kier alpha value is -2.54. The van der Waals surface area contributed by atoms with E-state index in [4.69, 9.17) is 4.42 Å². The van der Waals surface area contributed by atoms with E-state index in [1.165, 1.54) is 16.7 Å². The molecule has 0 aliphatic rings. The molecule has 0 bridgehead atoms. The lowest BCUT2D eigenvalue weighted by atomic mass is 10.1. The van der Waals surface area contributed by atoms with Gasteiger partial charge in [0.15, 0.2) is 5.58 Å². The van der Waals surface area contributed by atoms with Crippen LogP contribution >= 0.6 is 0 Å². The predicted molar refractivity (Wildman–Crippen MR) is 88.2 cm³/mol. The Labute approximate surface area is 133 Å². The van der Waals surface area contributed by atoms with Crippen molar-refractivity contribution in [2.24, 2.45) is 7.05 Å². The van der Waals surface area contributed by atoms with Crippen LogP contribution < -0.4 is 10.5 Å². The van der Waals surface area contributed by atoms with Crippen molar-refractivity contribution in [1.82, 2.24) is 4.57 Å². The molecule has 3 aromatic rings. The van der Waals surface area contributed by atoms with Gasteiger partial charge in [0.1, 0.15) is 0 Å². The number of nitrogens with zero attached hydrogens (tertiary/aromatic N) is 1. The van der Waals surface area contributed by atoms with Gasteiger partial charge in [0.2, 0.25) is 0 Å². The zero-order chi connectivity index (χ0) is 16.8. The highest BCUT2D eigenvalue weighted by Crippen LogP contribution is 2.23. The van der Waals surface area contributed by atoms with Crippen LogP contribution in [0.3, 0.4) is 0 Å². The van der Waals surface area contributed by atoms with Gasteiger partial charge in [-0.25, -0.2) is 13.2 Å². The molecule has 23 heavy (non-hydrogen) atoms. The zero-order valence-corrected chi connectivity index (χ0v) is 13.8. The van der Waals surface area contributed by atoms with Crippen LogP contribution in [-0.2, 0) is 17.1 Å². The predicted octanol–water partition coefficient (Wildman–Crippen LogP) is 2.55. The summed E-state index contributed by atoms with van der Waals surface area (Å²) in [6, 6.07) is 9.81. The maximum absolute atomic E-state index is 12.5. The van der Waals surface area contributed by atoms with Gasteiger partial charge in [-0.15, -0.1) is 0 Å². The number of fused-ring (bicyclic) bond motifs is 1. The molecule has 0 unspecified atom stereocenters. The molecular weight excluding hydrogens is 316 g/mol. The van der Waals surface area contributed by atoms with Crippen molar-refractivity contribution in [3.05, 3.63) is 58.1 Å². The lowest BCUT2D eigenvalue weighted by molar-refractivity contribution is 0.527. The molecule has 0 atom stereocenters. The number of hydrogen-bond donors (Lipinski definition) is 1. The van der Waals surface area contributed by atoms with E-state index in [-0.39, 0.29) is 10.5 Å². The van der Waals surface area contributed by atoms with E-state index >= 15 is 0 Å². The molecule has 120 valence electrons. The standard InChI is InChI=1S/C16H16N2O4S/c1-10-4-6-13(11(2)8-10)17-23(20,21)12-5-7-14-15(9-12)22-16(19)18(14)3/h4-9,17H,1-3H3. The first-order valence-corrected chi connectivity index (χ1v) is 8.46. The third-order valence-corrected chi connectivity index (χ3v) is 5.06. The Kier molecular flexibility index (Phi) is 3.52. The van der Waals surface area contributed by atoms with Crippen molar-refractivity contribution in [2.45, 2.75) is 18.7 Å². The highest BCUT2D eigenvalue weighted by Gasteiger charge is 2.17. The SMILES string of the molecule is Cc1ccc(NS(=O)(=O)c2ccc3c(c2)oc(=O)n3C)c(C)c1. The maximum Gasteiger partial charge on any atom is 0.419 e. The van der Waals surface area contributed by atoms with Crippen LogP contribution in [0.15, 0.2) is 50.5 Å². The van der Waals surface area contributed by atoms with Crippen LogP contribution in [0.1, 0.15) is 11.1 Å². The third kappa shape index (κ3) is 2.75. The summed E-state index contributed by atoms with van der Waals surface area (Å²) in [5.74, 6) is -0.531. The summed E-state index contributed by atoms with van der Waals surface area (Å²) in [5, 5.41) is 0. The Balaban J connectivity index is 2.04. The number of benzene rings is 2. The minimum absolute atomic E-state index is 0.0410. The normalized spacial score (nSPS) is 11.8. The number of aryl methyl sites for hydroxylation is 3. The van der Waals surface area contributed by atoms with Crippen molar-refractivity contribution in [1.29, 1.82) is 0 Å². The van der Waals surface area contributed by atoms with Crippen LogP contribution in [0.4, 0.5) is 5.69 Å². The Morgan fingerprint density at radius 3 is 2.52 bits per heavy atom. The van der Waals surface area contributed by atoms with E-state index in [1.54, 1.807) is 19.2 Å². The van der Waals surface area contributed by atoms with E-state index in [9.17, 15) is 13.2 Å². The fourth-order valence-electron chi connectivity index (χ4n) is 2.41. The van der Waals surface area contributed by atoms with Gasteiger partial charge in [0.25, 0.3) is 10.0 Å². The van der Waals surface area contributed by atoms with E-state index in [1.807, 2.05) is 26.0 Å². The monoisotopic (exact) mass is 332 g/mol. The molecule has 0 aliphatic heterocycles. The van der Waals surface area contributed by atoms with Crippen LogP contribution in [-0.4, -0.2) is 13.0 Å². The first kappa shape index (κ1) is 15.4. The van der Waals surface area contributed by atoms with Crippen LogP contribution in [0, 0.1) is 13.8 Å². The van der Waals surface area contributed by atoms with E-state index in [0.29, 0.717) is 11.2 Å². The topological polar surface area (TPSA) is 81.3 Å². The van der Waals surface area contributed by atoms with Gasteiger partial charge < -0.3 is 4.42 Å². The second-order valence-corrected chi connectivity index (χ2v) is 7.16. The first-order valence-electron chi connectivity index (χ1n) is 6.97. The molecule has 1 N–H and O–H groups in total. The molecule has 2 aromatic carbocycles. The summed E-state index contributed by atoms with van der Waals surface area (Å²) < 4.78 is 34.0. The fourth-order valence-corrected chi connectivity index (χ4v) is 3.56. The molecule has 0 saturated heterocycles. The molecule has 3 rings (SSSR count). The number of anilines is 1. The number of hydrogen-bond acceptors (Lipinski definition) is 4. The van der Waals surface area contributed by atoms with Gasteiger partial charge >= 0.3 is 5.76 Å². The molecule has 7 heteroatoms. The van der Waals surface area contributed by atoms with Gasteiger partial charge in [0, 0.05) is 13.1 Å². The molecule has 6 nitrogen and oxygen atoms in total. The molecule has 0 amide bonds. The average Bonchev–Trinajstić information content (AvgIpc) is 2.77. The van der Waals surface area contributed by atoms with Gasteiger partial charge in [-0.05, 0) is 37.6 Å². The van der Waals surface area contributed by atoms with Gasteiger partial charge in [-0.1, -0.05) is 17.7 Å². The van der Waals surface area contributed by atoms with Crippen molar-refractivity contribution >= 4 is 26.8 Å². The molecule has 0 aliphatic carbocycles. The van der Waals surface area contributed by atoms with Crippen LogP contribution in [0.5, 0.6) is 0 Å². The van der Waals surface area contributed by atoms with Crippen LogP contribution in [0.25, 0.3) is 11.1 Å². The fraction of sp³-hybridized carbons (Fsp3) is 0.188. The van der Waals surface area contributed by atoms with Gasteiger partial charge in [-0.2, -0.15) is 0 Å². The number of aromatic nitrogens is 1. The highest BCUT2D eigenvalue weighted by atomic mass is 32.2. The van der Waals surface area contributed by atoms with E-state index in [2.05, 4.69) is 4.72 Å². The van der Waals surface area contributed by atoms with Crippen molar-refractivity contribution in [2.75, 3.05) is 4.72 Å². The maximum atomic E-state index is 12.5. The van der Waals surface area contributed by atoms with Crippen LogP contribution in [0.2, 0.25) is 0 Å². The molecule has 1 aromatic heterocycles. The Morgan fingerprint density at radius 1 is 1.09 bits per heavy atom. The van der Waals surface area contributed by atoms with E-state index < -0.39 is 15.8 Å². The number of nitrogens with one attached hydrogen (secondary N) is 1. The minimum atomic E-state index is -3.77. The van der Waals surface area contributed by atoms with Crippen molar-refractivity contribution in [3.63, 3.8) is 0 Å². The summed E-state index contributed by atoms with van der Waals surface area (Å²) in [6.07, 6.45) is 0. The smallest absolute Gasteiger partial charge is 0.408 e. The summed E-state index contributed by atoms with van der Waals surface area (Å²) in [7, 11) is -2.20. The average molecular weight is 332 g/mol. The minimum Gasteiger partial charge on any atom is -0.408 e. The molecule has 0 radical (unpaired) electrons. The lowest BCUT2D eigenvalue weighted by Gasteiger charge is -2.11. The van der Waals surface area contributed by atoms with E-state index in [0.717, 1.165) is 11.1 Å². The quantitative estimate of drug-likeness (QED) is 0.799. The summed E-state index contributed by atoms with van der Waals surface area (Å²) in [6.45, 7) is 3.78. The van der Waals surface area contributed by atoms with Crippen molar-refractivity contribution in [3.8, 4) is 0 Å². The molecule has 0 spiro atoms. The second-order valence-electron chi connectivity index (χ2n) is 5.48. The van der Waals surface area contributed by atoms with Gasteiger partial charge in [0.05, 0.1) is 16.1 Å². The number of oxazole rings is 1. The second kappa shape index (κ2) is 5.27. The summed E-state index contributed by atoms with van der Waals surface area (Å²) in [5.41, 5.74) is 3.19. The zero-order valence-electron chi connectivity index (χ0n) is 13.0. The molecule has 1 heterocycles. The molecular formula is C16H16N2O4S. The Bertz CT molecular complexity index is 1060. The van der Waals surface area contributed by atoms with Gasteiger partial charge in [-0.3, -0.25) is 9.29 Å². The molecule has 0 fully saturated rings.